The lowest BCUT2D eigenvalue weighted by Gasteiger charge is -2.35. The van der Waals surface area contributed by atoms with Gasteiger partial charge in [-0.2, -0.15) is 4.31 Å². The van der Waals surface area contributed by atoms with Crippen molar-refractivity contribution in [3.8, 4) is 0 Å². The van der Waals surface area contributed by atoms with Crippen molar-refractivity contribution in [1.82, 2.24) is 14.1 Å². The van der Waals surface area contributed by atoms with Crippen LogP contribution in [-0.4, -0.2) is 68.2 Å². The maximum Gasteiger partial charge on any atom is 0.243 e. The van der Waals surface area contributed by atoms with Crippen LogP contribution in [0.4, 0.5) is 0 Å². The molecular formula is C23H31N3O3S. The summed E-state index contributed by atoms with van der Waals surface area (Å²) in [5, 5.41) is 0. The van der Waals surface area contributed by atoms with E-state index < -0.39 is 10.0 Å². The number of hydrogen-bond donors (Lipinski definition) is 0. The summed E-state index contributed by atoms with van der Waals surface area (Å²) in [7, 11) is -2.22. The SMILES string of the molecule is Cc1cccc(CN2CCN(C(=O)CN(C)S(=O)(=O)c3ccc(C)c(C)c3)CC2)c1. The highest BCUT2D eigenvalue weighted by molar-refractivity contribution is 7.89. The summed E-state index contributed by atoms with van der Waals surface area (Å²) in [4.78, 5) is 17.0. The van der Waals surface area contributed by atoms with Crippen LogP contribution in [0.25, 0.3) is 0 Å². The van der Waals surface area contributed by atoms with Gasteiger partial charge in [-0.25, -0.2) is 8.42 Å². The highest BCUT2D eigenvalue weighted by atomic mass is 32.2. The van der Waals surface area contributed by atoms with Crippen LogP contribution in [0.3, 0.4) is 0 Å². The predicted octanol–water partition coefficient (Wildman–Crippen LogP) is 2.58. The summed E-state index contributed by atoms with van der Waals surface area (Å²) < 4.78 is 26.8. The molecule has 1 fully saturated rings. The Bertz CT molecular complexity index is 1010. The topological polar surface area (TPSA) is 60.9 Å². The number of hydrogen-bond acceptors (Lipinski definition) is 4. The van der Waals surface area contributed by atoms with E-state index in [1.165, 1.54) is 18.2 Å². The third-order valence-electron chi connectivity index (χ3n) is 5.76. The molecule has 1 heterocycles. The van der Waals surface area contributed by atoms with E-state index in [2.05, 4.69) is 36.1 Å². The van der Waals surface area contributed by atoms with Gasteiger partial charge in [0.15, 0.2) is 0 Å². The zero-order valence-electron chi connectivity index (χ0n) is 18.3. The number of likely N-dealkylation sites (N-methyl/N-ethyl adjacent to an activating group) is 1. The predicted molar refractivity (Wildman–Crippen MR) is 119 cm³/mol. The average Bonchev–Trinajstić information content (AvgIpc) is 2.70. The Morgan fingerprint density at radius 3 is 2.30 bits per heavy atom. The fourth-order valence-corrected chi connectivity index (χ4v) is 4.86. The highest BCUT2D eigenvalue weighted by Crippen LogP contribution is 2.18. The summed E-state index contributed by atoms with van der Waals surface area (Å²) in [5.74, 6) is -0.153. The van der Waals surface area contributed by atoms with Crippen molar-refractivity contribution >= 4 is 15.9 Å². The molecule has 0 aromatic heterocycles. The Morgan fingerprint density at radius 2 is 1.67 bits per heavy atom. The Morgan fingerprint density at radius 1 is 0.967 bits per heavy atom. The zero-order valence-corrected chi connectivity index (χ0v) is 19.1. The molecule has 0 N–H and O–H groups in total. The summed E-state index contributed by atoms with van der Waals surface area (Å²) in [6, 6.07) is 13.5. The van der Waals surface area contributed by atoms with Crippen molar-refractivity contribution < 1.29 is 13.2 Å². The molecule has 30 heavy (non-hydrogen) atoms. The molecule has 0 unspecified atom stereocenters. The Hall–Kier alpha value is -2.22. The normalized spacial score (nSPS) is 15.6. The molecular weight excluding hydrogens is 398 g/mol. The molecule has 0 radical (unpaired) electrons. The Labute approximate surface area is 180 Å². The molecule has 1 aliphatic heterocycles. The van der Waals surface area contributed by atoms with Gasteiger partial charge in [0.1, 0.15) is 0 Å². The first-order valence-corrected chi connectivity index (χ1v) is 11.7. The molecule has 0 spiro atoms. The number of carbonyl (C=O) groups is 1. The van der Waals surface area contributed by atoms with E-state index in [1.807, 2.05) is 13.8 Å². The van der Waals surface area contributed by atoms with E-state index >= 15 is 0 Å². The molecule has 2 aromatic rings. The van der Waals surface area contributed by atoms with Gasteiger partial charge < -0.3 is 4.90 Å². The number of benzene rings is 2. The molecule has 0 bridgehead atoms. The molecule has 1 amide bonds. The fraction of sp³-hybridized carbons (Fsp3) is 0.435. The molecule has 7 heteroatoms. The standard InChI is InChI=1S/C23H31N3O3S/c1-18-6-5-7-21(14-18)16-25-10-12-26(13-11-25)23(27)17-24(4)30(28,29)22-9-8-19(2)20(3)15-22/h5-9,14-15H,10-13,16-17H2,1-4H3. The van der Waals surface area contributed by atoms with Gasteiger partial charge in [0.2, 0.25) is 15.9 Å². The average molecular weight is 430 g/mol. The lowest BCUT2D eigenvalue weighted by Crippen LogP contribution is -2.51. The van der Waals surface area contributed by atoms with E-state index in [0.29, 0.717) is 13.1 Å². The minimum atomic E-state index is -3.69. The molecule has 2 aromatic carbocycles. The number of rotatable bonds is 6. The first kappa shape index (κ1) is 22.5. The number of piperazine rings is 1. The molecule has 162 valence electrons. The van der Waals surface area contributed by atoms with Crippen molar-refractivity contribution in [3.63, 3.8) is 0 Å². The highest BCUT2D eigenvalue weighted by Gasteiger charge is 2.27. The van der Waals surface area contributed by atoms with Crippen LogP contribution in [0.2, 0.25) is 0 Å². The molecule has 1 aliphatic rings. The first-order valence-electron chi connectivity index (χ1n) is 10.3. The van der Waals surface area contributed by atoms with Crippen LogP contribution in [0.1, 0.15) is 22.3 Å². The number of amides is 1. The molecule has 0 aliphatic carbocycles. The molecule has 3 rings (SSSR count). The number of nitrogens with zero attached hydrogens (tertiary/aromatic N) is 3. The number of sulfonamides is 1. The van der Waals surface area contributed by atoms with E-state index in [9.17, 15) is 13.2 Å². The maximum absolute atomic E-state index is 12.8. The van der Waals surface area contributed by atoms with Crippen LogP contribution in [0.15, 0.2) is 47.4 Å². The van der Waals surface area contributed by atoms with Gasteiger partial charge in [0.05, 0.1) is 11.4 Å². The summed E-state index contributed by atoms with van der Waals surface area (Å²) >= 11 is 0. The monoisotopic (exact) mass is 429 g/mol. The van der Waals surface area contributed by atoms with Crippen molar-refractivity contribution in [1.29, 1.82) is 0 Å². The summed E-state index contributed by atoms with van der Waals surface area (Å²) in [5.41, 5.74) is 4.47. The van der Waals surface area contributed by atoms with Gasteiger partial charge in [-0.15, -0.1) is 0 Å². The molecule has 1 saturated heterocycles. The third kappa shape index (κ3) is 5.28. The fourth-order valence-electron chi connectivity index (χ4n) is 3.65. The number of aryl methyl sites for hydroxylation is 3. The largest absolute Gasteiger partial charge is 0.339 e. The maximum atomic E-state index is 12.8. The van der Waals surface area contributed by atoms with E-state index in [1.54, 1.807) is 23.1 Å². The van der Waals surface area contributed by atoms with Crippen LogP contribution in [0.5, 0.6) is 0 Å². The van der Waals surface area contributed by atoms with E-state index in [-0.39, 0.29) is 17.3 Å². The minimum Gasteiger partial charge on any atom is -0.339 e. The molecule has 0 atom stereocenters. The van der Waals surface area contributed by atoms with Gasteiger partial charge in [-0.05, 0) is 49.6 Å². The third-order valence-corrected chi connectivity index (χ3v) is 7.56. The van der Waals surface area contributed by atoms with Crippen molar-refractivity contribution in [2.24, 2.45) is 0 Å². The van der Waals surface area contributed by atoms with E-state index in [0.717, 1.165) is 35.1 Å². The summed E-state index contributed by atoms with van der Waals surface area (Å²) in [6.45, 7) is 9.43. The van der Waals surface area contributed by atoms with Crippen molar-refractivity contribution in [2.45, 2.75) is 32.2 Å². The van der Waals surface area contributed by atoms with Gasteiger partial charge in [-0.3, -0.25) is 9.69 Å². The minimum absolute atomic E-state index is 0.146. The quantitative estimate of drug-likeness (QED) is 0.708. The Kier molecular flexibility index (Phi) is 6.95. The van der Waals surface area contributed by atoms with Crippen LogP contribution >= 0.6 is 0 Å². The number of carbonyl (C=O) groups excluding carboxylic acids is 1. The second-order valence-corrected chi connectivity index (χ2v) is 10.2. The van der Waals surface area contributed by atoms with Gasteiger partial charge in [0, 0.05) is 39.8 Å². The van der Waals surface area contributed by atoms with E-state index in [4.69, 9.17) is 0 Å². The first-order chi connectivity index (χ1) is 14.2. The lowest BCUT2D eigenvalue weighted by molar-refractivity contribution is -0.133. The molecule has 0 saturated carbocycles. The van der Waals surface area contributed by atoms with Crippen LogP contribution in [0, 0.1) is 20.8 Å². The lowest BCUT2D eigenvalue weighted by atomic mass is 10.1. The van der Waals surface area contributed by atoms with Crippen molar-refractivity contribution in [2.75, 3.05) is 39.8 Å². The Balaban J connectivity index is 1.55. The second-order valence-electron chi connectivity index (χ2n) is 8.15. The van der Waals surface area contributed by atoms with Crippen LogP contribution in [-0.2, 0) is 21.4 Å². The second kappa shape index (κ2) is 9.29. The molecule has 6 nitrogen and oxygen atoms in total. The van der Waals surface area contributed by atoms with Gasteiger partial charge >= 0.3 is 0 Å². The van der Waals surface area contributed by atoms with Gasteiger partial charge in [-0.1, -0.05) is 35.9 Å². The van der Waals surface area contributed by atoms with Crippen LogP contribution < -0.4 is 0 Å². The smallest absolute Gasteiger partial charge is 0.243 e. The van der Waals surface area contributed by atoms with Crippen molar-refractivity contribution in [3.05, 3.63) is 64.7 Å². The zero-order chi connectivity index (χ0) is 21.9. The summed E-state index contributed by atoms with van der Waals surface area (Å²) in [6.07, 6.45) is 0. The van der Waals surface area contributed by atoms with Gasteiger partial charge in [0.25, 0.3) is 0 Å².